The molecule has 0 aliphatic rings. The van der Waals surface area contributed by atoms with Gasteiger partial charge in [0.15, 0.2) is 0 Å². The second-order valence-electron chi connectivity index (χ2n) is 5.58. The highest BCUT2D eigenvalue weighted by molar-refractivity contribution is 5.58. The summed E-state index contributed by atoms with van der Waals surface area (Å²) in [5.74, 6) is 0. The highest BCUT2D eigenvalue weighted by atomic mass is 19.4. The number of anilines is 1. The van der Waals surface area contributed by atoms with Crippen LogP contribution in [0.3, 0.4) is 0 Å². The zero-order valence-electron chi connectivity index (χ0n) is 12.0. The number of benzene rings is 1. The van der Waals surface area contributed by atoms with Gasteiger partial charge >= 0.3 is 6.18 Å². The van der Waals surface area contributed by atoms with Crippen molar-refractivity contribution in [3.63, 3.8) is 0 Å². The van der Waals surface area contributed by atoms with Crippen LogP contribution in [0.1, 0.15) is 31.9 Å². The predicted octanol–water partition coefficient (Wildman–Crippen LogP) is 3.99. The monoisotopic (exact) mass is 287 g/mol. The lowest BCUT2D eigenvalue weighted by molar-refractivity contribution is -0.137. The van der Waals surface area contributed by atoms with Crippen molar-refractivity contribution >= 4 is 5.69 Å². The van der Waals surface area contributed by atoms with Gasteiger partial charge in [0.1, 0.15) is 0 Å². The number of aliphatic hydroxyl groups excluding tert-OH is 1. The Hall–Kier alpha value is -1.49. The standard InChI is InChI=1S/C15H20F3NO/c1-5-8-19(14(2,3)4)13-7-6-11(10-20)9-12(13)15(16,17)18/h5-7,9,20H,1,8,10H2,2-4H3. The third-order valence-electron chi connectivity index (χ3n) is 2.96. The average Bonchev–Trinajstić information content (AvgIpc) is 2.33. The molecular weight excluding hydrogens is 267 g/mol. The van der Waals surface area contributed by atoms with E-state index < -0.39 is 23.9 Å². The van der Waals surface area contributed by atoms with Crippen molar-refractivity contribution in [2.24, 2.45) is 0 Å². The topological polar surface area (TPSA) is 23.5 Å². The molecule has 0 fully saturated rings. The zero-order valence-corrected chi connectivity index (χ0v) is 12.0. The fourth-order valence-electron chi connectivity index (χ4n) is 2.01. The first-order valence-corrected chi connectivity index (χ1v) is 6.30. The molecule has 0 saturated carbocycles. The summed E-state index contributed by atoms with van der Waals surface area (Å²) in [5, 5.41) is 9.02. The third kappa shape index (κ3) is 3.76. The summed E-state index contributed by atoms with van der Waals surface area (Å²) in [6, 6.07) is 3.91. The van der Waals surface area contributed by atoms with Crippen LogP contribution >= 0.6 is 0 Å². The molecule has 2 nitrogen and oxygen atoms in total. The van der Waals surface area contributed by atoms with Gasteiger partial charge in [0.05, 0.1) is 12.2 Å². The Morgan fingerprint density at radius 3 is 2.25 bits per heavy atom. The number of aliphatic hydroxyl groups is 1. The summed E-state index contributed by atoms with van der Waals surface area (Å²) in [4.78, 5) is 1.64. The van der Waals surface area contributed by atoms with Crippen molar-refractivity contribution in [2.75, 3.05) is 11.4 Å². The summed E-state index contributed by atoms with van der Waals surface area (Å²) < 4.78 is 39.7. The Balaban J connectivity index is 3.45. The lowest BCUT2D eigenvalue weighted by Crippen LogP contribution is -2.42. The Labute approximate surface area is 117 Å². The largest absolute Gasteiger partial charge is 0.418 e. The molecule has 0 bridgehead atoms. The van der Waals surface area contributed by atoms with Crippen LogP contribution in [-0.2, 0) is 12.8 Å². The van der Waals surface area contributed by atoms with E-state index in [4.69, 9.17) is 5.11 Å². The normalized spacial score (nSPS) is 12.3. The third-order valence-corrected chi connectivity index (χ3v) is 2.96. The first-order valence-electron chi connectivity index (χ1n) is 6.30. The smallest absolute Gasteiger partial charge is 0.392 e. The number of rotatable bonds is 4. The number of alkyl halides is 3. The lowest BCUT2D eigenvalue weighted by atomic mass is 10.0. The summed E-state index contributed by atoms with van der Waals surface area (Å²) in [7, 11) is 0. The number of hydrogen-bond acceptors (Lipinski definition) is 2. The van der Waals surface area contributed by atoms with Crippen molar-refractivity contribution in [1.29, 1.82) is 0 Å². The lowest BCUT2D eigenvalue weighted by Gasteiger charge is -2.38. The Morgan fingerprint density at radius 1 is 1.25 bits per heavy atom. The molecule has 0 atom stereocenters. The van der Waals surface area contributed by atoms with Crippen LogP contribution in [0, 0.1) is 0 Å². The number of nitrogens with zero attached hydrogens (tertiary/aromatic N) is 1. The van der Waals surface area contributed by atoms with Gasteiger partial charge in [0.25, 0.3) is 0 Å². The molecule has 0 radical (unpaired) electrons. The van der Waals surface area contributed by atoms with Crippen molar-refractivity contribution in [3.8, 4) is 0 Å². The number of halogens is 3. The second kappa shape index (κ2) is 5.87. The molecule has 1 N–H and O–H groups in total. The van der Waals surface area contributed by atoms with Crippen molar-refractivity contribution in [3.05, 3.63) is 42.0 Å². The zero-order chi connectivity index (χ0) is 15.6. The minimum Gasteiger partial charge on any atom is -0.392 e. The van der Waals surface area contributed by atoms with Gasteiger partial charge in [-0.05, 0) is 38.5 Å². The van der Waals surface area contributed by atoms with E-state index in [-0.39, 0.29) is 11.3 Å². The molecule has 0 aromatic heterocycles. The van der Waals surface area contributed by atoms with Crippen LogP contribution < -0.4 is 4.90 Å². The SMILES string of the molecule is C=CCN(c1ccc(CO)cc1C(F)(F)F)C(C)(C)C. The molecule has 1 aromatic rings. The molecule has 20 heavy (non-hydrogen) atoms. The van der Waals surface area contributed by atoms with Crippen molar-refractivity contribution in [1.82, 2.24) is 0 Å². The van der Waals surface area contributed by atoms with E-state index in [2.05, 4.69) is 6.58 Å². The molecule has 0 amide bonds. The van der Waals surface area contributed by atoms with Gasteiger partial charge in [-0.2, -0.15) is 13.2 Å². The van der Waals surface area contributed by atoms with Crippen LogP contribution in [0.15, 0.2) is 30.9 Å². The van der Waals surface area contributed by atoms with Gasteiger partial charge in [-0.25, -0.2) is 0 Å². The van der Waals surface area contributed by atoms with E-state index in [9.17, 15) is 13.2 Å². The summed E-state index contributed by atoms with van der Waals surface area (Å²) >= 11 is 0. The van der Waals surface area contributed by atoms with Gasteiger partial charge in [-0.15, -0.1) is 6.58 Å². The molecule has 0 aliphatic heterocycles. The minimum atomic E-state index is -4.47. The van der Waals surface area contributed by atoms with Gasteiger partial charge in [-0.3, -0.25) is 0 Å². The van der Waals surface area contributed by atoms with Crippen LogP contribution in [-0.4, -0.2) is 17.2 Å². The van der Waals surface area contributed by atoms with E-state index in [1.54, 1.807) is 11.0 Å². The molecule has 5 heteroatoms. The van der Waals surface area contributed by atoms with E-state index >= 15 is 0 Å². The van der Waals surface area contributed by atoms with E-state index in [1.165, 1.54) is 12.1 Å². The molecule has 1 rings (SSSR count). The van der Waals surface area contributed by atoms with E-state index in [0.717, 1.165) is 6.07 Å². The average molecular weight is 287 g/mol. The quantitative estimate of drug-likeness (QED) is 0.846. The molecule has 0 unspecified atom stereocenters. The van der Waals surface area contributed by atoms with Crippen LogP contribution in [0.25, 0.3) is 0 Å². The summed E-state index contributed by atoms with van der Waals surface area (Å²) in [6.07, 6.45) is -2.89. The van der Waals surface area contributed by atoms with Crippen molar-refractivity contribution in [2.45, 2.75) is 39.1 Å². The molecule has 0 heterocycles. The van der Waals surface area contributed by atoms with Gasteiger partial charge in [0, 0.05) is 17.8 Å². The van der Waals surface area contributed by atoms with Crippen molar-refractivity contribution < 1.29 is 18.3 Å². The van der Waals surface area contributed by atoms with E-state index in [1.807, 2.05) is 20.8 Å². The predicted molar refractivity (Wildman–Crippen MR) is 74.7 cm³/mol. The Morgan fingerprint density at radius 2 is 1.85 bits per heavy atom. The fourth-order valence-corrected chi connectivity index (χ4v) is 2.01. The molecule has 112 valence electrons. The summed E-state index contributed by atoms with van der Waals surface area (Å²) in [6.45, 7) is 9.03. The number of hydrogen-bond donors (Lipinski definition) is 1. The maximum absolute atomic E-state index is 13.2. The first-order chi connectivity index (χ1) is 9.11. The molecule has 0 aliphatic carbocycles. The maximum Gasteiger partial charge on any atom is 0.418 e. The molecular formula is C15H20F3NO. The molecule has 1 aromatic carbocycles. The van der Waals surface area contributed by atoms with Gasteiger partial charge in [-0.1, -0.05) is 12.1 Å². The molecule has 0 spiro atoms. The minimum absolute atomic E-state index is 0.0992. The summed E-state index contributed by atoms with van der Waals surface area (Å²) in [5.41, 5.74) is -0.869. The van der Waals surface area contributed by atoms with Crippen LogP contribution in [0.4, 0.5) is 18.9 Å². The highest BCUT2D eigenvalue weighted by Gasteiger charge is 2.36. The van der Waals surface area contributed by atoms with Gasteiger partial charge < -0.3 is 10.0 Å². The second-order valence-corrected chi connectivity index (χ2v) is 5.58. The van der Waals surface area contributed by atoms with Gasteiger partial charge in [0.2, 0.25) is 0 Å². The maximum atomic E-state index is 13.2. The van der Waals surface area contributed by atoms with E-state index in [0.29, 0.717) is 6.54 Å². The first kappa shape index (κ1) is 16.6. The molecule has 0 saturated heterocycles. The van der Waals surface area contributed by atoms with Crippen LogP contribution in [0.2, 0.25) is 0 Å². The Kier molecular flexibility index (Phi) is 4.86. The fraction of sp³-hybridized carbons (Fsp3) is 0.467. The van der Waals surface area contributed by atoms with Crippen LogP contribution in [0.5, 0.6) is 0 Å². The highest BCUT2D eigenvalue weighted by Crippen LogP contribution is 2.39. The Bertz CT molecular complexity index is 475.